The van der Waals surface area contributed by atoms with Gasteiger partial charge in [0, 0.05) is 22.9 Å². The Morgan fingerprint density at radius 3 is 2.43 bits per heavy atom. The van der Waals surface area contributed by atoms with Gasteiger partial charge >= 0.3 is 0 Å². The van der Waals surface area contributed by atoms with Gasteiger partial charge in [-0.1, -0.05) is 40.2 Å². The third-order valence-corrected chi connectivity index (χ3v) is 3.82. The number of amides is 1. The number of nitriles is 1. The summed E-state index contributed by atoms with van der Waals surface area (Å²) in [6, 6.07) is 16.0. The van der Waals surface area contributed by atoms with Crippen LogP contribution in [0.2, 0.25) is 0 Å². The Hall–Kier alpha value is -2.45. The molecule has 0 radical (unpaired) electrons. The molecule has 0 aromatic heterocycles. The average Bonchev–Trinajstić information content (AvgIpc) is 2.56. The van der Waals surface area contributed by atoms with Crippen LogP contribution in [0, 0.1) is 11.3 Å². The minimum atomic E-state index is -0.198. The molecule has 0 aliphatic heterocycles. The molecule has 0 bridgehead atoms. The van der Waals surface area contributed by atoms with E-state index in [9.17, 15) is 9.59 Å². The second-order valence-corrected chi connectivity index (χ2v) is 5.90. The summed E-state index contributed by atoms with van der Waals surface area (Å²) in [4.78, 5) is 23.9. The summed E-state index contributed by atoms with van der Waals surface area (Å²) < 4.78 is 0.921. The third kappa shape index (κ3) is 5.04. The Labute approximate surface area is 143 Å². The molecule has 0 saturated heterocycles. The quantitative estimate of drug-likeness (QED) is 0.770. The van der Waals surface area contributed by atoms with E-state index in [1.54, 1.807) is 36.4 Å². The maximum atomic E-state index is 12.0. The van der Waals surface area contributed by atoms with E-state index < -0.39 is 0 Å². The Morgan fingerprint density at radius 2 is 1.74 bits per heavy atom. The van der Waals surface area contributed by atoms with Gasteiger partial charge in [0.05, 0.1) is 11.3 Å². The molecule has 0 aliphatic rings. The molecule has 0 atom stereocenters. The molecule has 0 heterocycles. The van der Waals surface area contributed by atoms with E-state index >= 15 is 0 Å². The zero-order valence-corrected chi connectivity index (χ0v) is 14.0. The summed E-state index contributed by atoms with van der Waals surface area (Å²) in [5.74, 6) is -0.181. The highest BCUT2D eigenvalue weighted by Crippen LogP contribution is 2.15. The number of carbonyl (C=O) groups is 2. The number of carbonyl (C=O) groups excluding carboxylic acids is 2. The number of halogens is 1. The second kappa shape index (κ2) is 8.25. The van der Waals surface area contributed by atoms with Gasteiger partial charge in [-0.05, 0) is 30.7 Å². The summed E-state index contributed by atoms with van der Waals surface area (Å²) in [5, 5.41) is 11.7. The van der Waals surface area contributed by atoms with Crippen molar-refractivity contribution in [2.24, 2.45) is 0 Å². The molecule has 2 rings (SSSR count). The van der Waals surface area contributed by atoms with Crippen molar-refractivity contribution in [1.82, 2.24) is 0 Å². The van der Waals surface area contributed by atoms with Crippen LogP contribution in [-0.2, 0) is 4.79 Å². The van der Waals surface area contributed by atoms with E-state index in [0.29, 0.717) is 29.7 Å². The molecule has 1 N–H and O–H groups in total. The summed E-state index contributed by atoms with van der Waals surface area (Å²) in [6.45, 7) is 0. The first-order valence-corrected chi connectivity index (χ1v) is 7.97. The van der Waals surface area contributed by atoms with Crippen molar-refractivity contribution in [1.29, 1.82) is 5.26 Å². The fourth-order valence-corrected chi connectivity index (χ4v) is 2.36. The van der Waals surface area contributed by atoms with Crippen LogP contribution >= 0.6 is 15.9 Å². The van der Waals surface area contributed by atoms with E-state index in [4.69, 9.17) is 5.26 Å². The van der Waals surface area contributed by atoms with Crippen molar-refractivity contribution in [3.05, 3.63) is 64.1 Å². The molecule has 5 heteroatoms. The number of nitrogens with one attached hydrogen (secondary N) is 1. The van der Waals surface area contributed by atoms with Crippen LogP contribution in [0.5, 0.6) is 0 Å². The highest BCUT2D eigenvalue weighted by Gasteiger charge is 2.09. The van der Waals surface area contributed by atoms with E-state index in [1.165, 1.54) is 0 Å². The van der Waals surface area contributed by atoms with Crippen LogP contribution in [0.15, 0.2) is 53.0 Å². The summed E-state index contributed by atoms with van der Waals surface area (Å²) in [7, 11) is 0. The van der Waals surface area contributed by atoms with Gasteiger partial charge in [0.1, 0.15) is 6.07 Å². The van der Waals surface area contributed by atoms with Crippen LogP contribution in [0.25, 0.3) is 0 Å². The van der Waals surface area contributed by atoms with Crippen molar-refractivity contribution in [2.45, 2.75) is 19.3 Å². The zero-order chi connectivity index (χ0) is 16.7. The maximum absolute atomic E-state index is 12.0. The smallest absolute Gasteiger partial charge is 0.224 e. The molecular weight excluding hydrogens is 356 g/mol. The number of para-hydroxylation sites is 1. The minimum absolute atomic E-state index is 0.0164. The van der Waals surface area contributed by atoms with E-state index in [2.05, 4.69) is 21.2 Å². The summed E-state index contributed by atoms with van der Waals surface area (Å²) >= 11 is 3.32. The van der Waals surface area contributed by atoms with Crippen LogP contribution in [0.3, 0.4) is 0 Å². The van der Waals surface area contributed by atoms with Crippen molar-refractivity contribution in [3.8, 4) is 6.07 Å². The van der Waals surface area contributed by atoms with Crippen molar-refractivity contribution in [3.63, 3.8) is 0 Å². The standard InChI is InChI=1S/C18H15BrN2O2/c19-15-10-8-13(9-11-15)17(22)6-3-7-18(23)21-16-5-2-1-4-14(16)12-20/h1-2,4-5,8-11H,3,6-7H2,(H,21,23). The predicted molar refractivity (Wildman–Crippen MR) is 92.1 cm³/mol. The Morgan fingerprint density at radius 1 is 1.04 bits per heavy atom. The van der Waals surface area contributed by atoms with Gasteiger partial charge in [0.25, 0.3) is 0 Å². The number of hydrogen-bond acceptors (Lipinski definition) is 3. The lowest BCUT2D eigenvalue weighted by Crippen LogP contribution is -2.13. The monoisotopic (exact) mass is 370 g/mol. The normalized spacial score (nSPS) is 9.91. The topological polar surface area (TPSA) is 70.0 Å². The predicted octanol–water partition coefficient (Wildman–Crippen LogP) is 4.31. The number of nitrogens with zero attached hydrogens (tertiary/aromatic N) is 1. The Bertz CT molecular complexity index is 748. The molecular formula is C18H15BrN2O2. The Balaban J connectivity index is 1.82. The lowest BCUT2D eigenvalue weighted by atomic mass is 10.1. The van der Waals surface area contributed by atoms with Gasteiger partial charge in [-0.3, -0.25) is 9.59 Å². The largest absolute Gasteiger partial charge is 0.325 e. The zero-order valence-electron chi connectivity index (χ0n) is 12.4. The maximum Gasteiger partial charge on any atom is 0.224 e. The molecule has 4 nitrogen and oxygen atoms in total. The van der Waals surface area contributed by atoms with E-state index in [1.807, 2.05) is 18.2 Å². The van der Waals surface area contributed by atoms with Crippen molar-refractivity contribution >= 4 is 33.3 Å². The first-order valence-electron chi connectivity index (χ1n) is 7.18. The van der Waals surface area contributed by atoms with Gasteiger partial charge in [-0.25, -0.2) is 0 Å². The first-order chi connectivity index (χ1) is 11.1. The molecule has 23 heavy (non-hydrogen) atoms. The van der Waals surface area contributed by atoms with Crippen molar-refractivity contribution < 1.29 is 9.59 Å². The highest BCUT2D eigenvalue weighted by molar-refractivity contribution is 9.10. The van der Waals surface area contributed by atoms with Crippen LogP contribution < -0.4 is 5.32 Å². The van der Waals surface area contributed by atoms with Gasteiger partial charge < -0.3 is 5.32 Å². The number of anilines is 1. The molecule has 0 aliphatic carbocycles. The third-order valence-electron chi connectivity index (χ3n) is 3.30. The molecule has 0 fully saturated rings. The number of benzene rings is 2. The Kier molecular flexibility index (Phi) is 6.07. The van der Waals surface area contributed by atoms with Crippen molar-refractivity contribution in [2.75, 3.05) is 5.32 Å². The lowest BCUT2D eigenvalue weighted by Gasteiger charge is -2.06. The van der Waals surface area contributed by atoms with E-state index in [0.717, 1.165) is 4.47 Å². The first kappa shape index (κ1) is 16.9. The second-order valence-electron chi connectivity index (χ2n) is 4.99. The average molecular weight is 371 g/mol. The molecule has 0 spiro atoms. The number of rotatable bonds is 6. The van der Waals surface area contributed by atoms with Gasteiger partial charge in [0.2, 0.25) is 5.91 Å². The lowest BCUT2D eigenvalue weighted by molar-refractivity contribution is -0.116. The number of ketones is 1. The summed E-state index contributed by atoms with van der Waals surface area (Å²) in [6.07, 6.45) is 1.02. The molecule has 2 aromatic carbocycles. The molecule has 0 saturated carbocycles. The number of hydrogen-bond donors (Lipinski definition) is 1. The molecule has 2 aromatic rings. The minimum Gasteiger partial charge on any atom is -0.325 e. The van der Waals surface area contributed by atoms with Gasteiger partial charge in [-0.2, -0.15) is 5.26 Å². The van der Waals surface area contributed by atoms with Gasteiger partial charge in [-0.15, -0.1) is 0 Å². The number of Topliss-reactive ketones (excluding diaryl/α,β-unsaturated/α-hetero) is 1. The molecule has 1 amide bonds. The SMILES string of the molecule is N#Cc1ccccc1NC(=O)CCCC(=O)c1ccc(Br)cc1. The molecule has 0 unspecified atom stereocenters. The fraction of sp³-hybridized carbons (Fsp3) is 0.167. The highest BCUT2D eigenvalue weighted by atomic mass is 79.9. The van der Waals surface area contributed by atoms with Crippen LogP contribution in [0.4, 0.5) is 5.69 Å². The van der Waals surface area contributed by atoms with Gasteiger partial charge in [0.15, 0.2) is 5.78 Å². The summed E-state index contributed by atoms with van der Waals surface area (Å²) in [5.41, 5.74) is 1.56. The molecule has 116 valence electrons. The fourth-order valence-electron chi connectivity index (χ4n) is 2.09. The van der Waals surface area contributed by atoms with E-state index in [-0.39, 0.29) is 18.1 Å². The van der Waals surface area contributed by atoms with Crippen LogP contribution in [0.1, 0.15) is 35.2 Å². The van der Waals surface area contributed by atoms with Crippen LogP contribution in [-0.4, -0.2) is 11.7 Å².